The average molecular weight is 977 g/mol. The quantitative estimate of drug-likeness (QED) is 0.153. The van der Waals surface area contributed by atoms with Crippen LogP contribution >= 0.6 is 23.5 Å². The molecule has 346 valence electrons. The summed E-state index contributed by atoms with van der Waals surface area (Å²) in [5.41, 5.74) is 16.6. The number of para-hydroxylation sites is 4. The number of hydrogen-bond donors (Lipinski definition) is 0. The number of benzene rings is 13. The van der Waals surface area contributed by atoms with Crippen LogP contribution in [0.4, 0.5) is 34.1 Å². The van der Waals surface area contributed by atoms with E-state index in [1.807, 2.05) is 23.5 Å². The minimum absolute atomic E-state index is 1.12. The molecular weight excluding hydrogens is 933 g/mol. The number of fused-ring (bicyclic) bond motifs is 8. The van der Waals surface area contributed by atoms with Crippen molar-refractivity contribution in [3.63, 3.8) is 0 Å². The first-order valence-electron chi connectivity index (χ1n) is 25.2. The third kappa shape index (κ3) is 6.98. The second kappa shape index (κ2) is 17.5. The average Bonchev–Trinajstić information content (AvgIpc) is 3.47. The van der Waals surface area contributed by atoms with Gasteiger partial charge >= 0.3 is 0 Å². The molecule has 0 fully saturated rings. The van der Waals surface area contributed by atoms with E-state index in [1.54, 1.807) is 0 Å². The van der Waals surface area contributed by atoms with E-state index >= 15 is 0 Å². The predicted octanol–water partition coefficient (Wildman–Crippen LogP) is 20.8. The second-order valence-corrected chi connectivity index (χ2v) is 21.3. The molecule has 13 aromatic rings. The second-order valence-electron chi connectivity index (χ2n) is 19.2. The molecule has 2 aliphatic heterocycles. The first-order valence-corrected chi connectivity index (χ1v) is 26.9. The Morgan fingerprint density at radius 1 is 0.230 bits per heavy atom. The highest BCUT2D eigenvalue weighted by Crippen LogP contribution is 2.55. The van der Waals surface area contributed by atoms with Crippen LogP contribution in [0.15, 0.2) is 287 Å². The van der Waals surface area contributed by atoms with Gasteiger partial charge in [-0.25, -0.2) is 0 Å². The lowest BCUT2D eigenvalue weighted by Gasteiger charge is -2.34. The summed E-state index contributed by atoms with van der Waals surface area (Å²) in [7, 11) is 0. The lowest BCUT2D eigenvalue weighted by Crippen LogP contribution is -2.15. The van der Waals surface area contributed by atoms with Crippen molar-refractivity contribution in [3.05, 3.63) is 267 Å². The van der Waals surface area contributed by atoms with Crippen molar-refractivity contribution in [2.24, 2.45) is 0 Å². The van der Waals surface area contributed by atoms with E-state index in [9.17, 15) is 0 Å². The van der Waals surface area contributed by atoms with Crippen molar-refractivity contribution >= 4 is 101 Å². The van der Waals surface area contributed by atoms with E-state index in [-0.39, 0.29) is 0 Å². The Balaban J connectivity index is 1.01. The van der Waals surface area contributed by atoms with E-state index in [4.69, 9.17) is 0 Å². The molecule has 0 saturated carbocycles. The van der Waals surface area contributed by atoms with Crippen molar-refractivity contribution < 1.29 is 0 Å². The first kappa shape index (κ1) is 42.8. The fraction of sp³-hybridized carbons (Fsp3) is 0. The summed E-state index contributed by atoms with van der Waals surface area (Å²) in [4.78, 5) is 9.90. The largest absolute Gasteiger partial charge is 0.308 e. The minimum Gasteiger partial charge on any atom is -0.308 e. The molecule has 13 aromatic carbocycles. The number of anilines is 6. The summed E-state index contributed by atoms with van der Waals surface area (Å²) >= 11 is 3.69. The van der Waals surface area contributed by atoms with Crippen LogP contribution in [0.25, 0.3) is 87.6 Å². The third-order valence-electron chi connectivity index (χ3n) is 15.0. The van der Waals surface area contributed by atoms with E-state index in [1.165, 1.54) is 130 Å². The van der Waals surface area contributed by atoms with Crippen molar-refractivity contribution in [2.75, 3.05) is 9.80 Å². The molecular formula is C70H44N2S2. The summed E-state index contributed by atoms with van der Waals surface area (Å²) in [6.45, 7) is 0. The van der Waals surface area contributed by atoms with Gasteiger partial charge in [0.1, 0.15) is 0 Å². The van der Waals surface area contributed by atoms with Crippen molar-refractivity contribution in [2.45, 2.75) is 19.6 Å². The van der Waals surface area contributed by atoms with Gasteiger partial charge in [-0.3, -0.25) is 0 Å². The molecule has 2 aliphatic rings. The zero-order chi connectivity index (χ0) is 48.7. The predicted molar refractivity (Wildman–Crippen MR) is 316 cm³/mol. The molecule has 74 heavy (non-hydrogen) atoms. The molecule has 2 heterocycles. The summed E-state index contributed by atoms with van der Waals surface area (Å²) in [6.07, 6.45) is 0. The fourth-order valence-electron chi connectivity index (χ4n) is 11.7. The van der Waals surface area contributed by atoms with E-state index < -0.39 is 0 Å². The molecule has 4 heteroatoms. The van der Waals surface area contributed by atoms with Crippen LogP contribution in [-0.2, 0) is 0 Å². The van der Waals surface area contributed by atoms with Gasteiger partial charge in [0.25, 0.3) is 0 Å². The van der Waals surface area contributed by atoms with Gasteiger partial charge < -0.3 is 9.80 Å². The van der Waals surface area contributed by atoms with Crippen LogP contribution < -0.4 is 9.80 Å². The maximum Gasteiger partial charge on any atom is 0.0601 e. The Labute approximate surface area is 438 Å². The third-order valence-corrected chi connectivity index (χ3v) is 17.3. The zero-order valence-electron chi connectivity index (χ0n) is 40.1. The summed E-state index contributed by atoms with van der Waals surface area (Å²) < 4.78 is 0. The van der Waals surface area contributed by atoms with E-state index in [0.29, 0.717) is 0 Å². The molecule has 0 aliphatic carbocycles. The number of hydrogen-bond acceptors (Lipinski definition) is 4. The molecule has 0 amide bonds. The molecule has 0 atom stereocenters. The Hall–Kier alpha value is -8.80. The normalized spacial score (nSPS) is 12.7. The van der Waals surface area contributed by atoms with Crippen LogP contribution in [0.2, 0.25) is 0 Å². The van der Waals surface area contributed by atoms with Gasteiger partial charge in [0, 0.05) is 31.0 Å². The van der Waals surface area contributed by atoms with Crippen LogP contribution in [0, 0.1) is 0 Å². The van der Waals surface area contributed by atoms with Gasteiger partial charge in [-0.1, -0.05) is 218 Å². The van der Waals surface area contributed by atoms with Gasteiger partial charge in [-0.2, -0.15) is 0 Å². The number of nitrogens with zero attached hydrogens (tertiary/aromatic N) is 2. The summed E-state index contributed by atoms with van der Waals surface area (Å²) in [5.74, 6) is 0. The molecule has 0 unspecified atom stereocenters. The van der Waals surface area contributed by atoms with Crippen LogP contribution in [0.5, 0.6) is 0 Å². The van der Waals surface area contributed by atoms with Gasteiger partial charge in [-0.15, -0.1) is 0 Å². The maximum absolute atomic E-state index is 2.46. The Morgan fingerprint density at radius 2 is 0.554 bits per heavy atom. The lowest BCUT2D eigenvalue weighted by molar-refractivity contribution is 1.17. The first-order chi connectivity index (χ1) is 36.7. The van der Waals surface area contributed by atoms with Gasteiger partial charge in [0.2, 0.25) is 0 Å². The van der Waals surface area contributed by atoms with E-state index in [0.717, 1.165) is 11.4 Å². The Morgan fingerprint density at radius 3 is 0.946 bits per heavy atom. The SMILES string of the molecule is c1ccc2c(c1)Sc1ccccc1N2c1ccc2c(-c3ccc(-c4cccc5ccccc45)cc3)c3cc(N4c5ccccc5Sc5ccccc54)ccc3c(-c3ccc(-c4cccc5ccccc45)cc3)c2c1. The molecule has 0 spiro atoms. The molecule has 2 nitrogen and oxygen atoms in total. The Bertz CT molecular complexity index is 4000. The molecule has 0 aromatic heterocycles. The highest BCUT2D eigenvalue weighted by Gasteiger charge is 2.28. The van der Waals surface area contributed by atoms with Crippen LogP contribution in [0.1, 0.15) is 0 Å². The van der Waals surface area contributed by atoms with Crippen molar-refractivity contribution in [3.8, 4) is 44.5 Å². The smallest absolute Gasteiger partial charge is 0.0601 e. The molecule has 0 saturated heterocycles. The van der Waals surface area contributed by atoms with Crippen LogP contribution in [-0.4, -0.2) is 0 Å². The molecule has 0 N–H and O–H groups in total. The number of rotatable bonds is 6. The van der Waals surface area contributed by atoms with Gasteiger partial charge in [0.05, 0.1) is 22.7 Å². The van der Waals surface area contributed by atoms with Gasteiger partial charge in [0.15, 0.2) is 0 Å². The standard InChI is InChI=1S/C70H44N2S2/c1-3-19-53-45(15-1)17-13-21-55(53)47-31-35-49(36-32-47)69-57-41-39-52(72-63-25-7-11-29-67(63)74-68-30-12-8-26-64(68)72)44-60(57)70(50-37-33-48(34-38-50)56-22-14-18-46-16-2-4-20-54(46)56)58-42-40-51(43-59(58)69)71-61-23-5-9-27-65(61)73-66-28-10-6-24-62(66)71/h1-44H. The summed E-state index contributed by atoms with van der Waals surface area (Å²) in [5, 5.41) is 9.80. The lowest BCUT2D eigenvalue weighted by atomic mass is 9.84. The highest BCUT2D eigenvalue weighted by atomic mass is 32.2. The van der Waals surface area contributed by atoms with Crippen LogP contribution in [0.3, 0.4) is 0 Å². The molecule has 0 bridgehead atoms. The highest BCUT2D eigenvalue weighted by molar-refractivity contribution is 8.00. The van der Waals surface area contributed by atoms with Gasteiger partial charge in [-0.05, 0) is 160 Å². The topological polar surface area (TPSA) is 6.48 Å². The Kier molecular flexibility index (Phi) is 10.1. The fourth-order valence-corrected chi connectivity index (χ4v) is 13.8. The zero-order valence-corrected chi connectivity index (χ0v) is 41.7. The monoisotopic (exact) mass is 976 g/mol. The van der Waals surface area contributed by atoms with E-state index in [2.05, 4.69) is 277 Å². The maximum atomic E-state index is 2.46. The minimum atomic E-state index is 1.12. The molecule has 0 radical (unpaired) electrons. The molecule has 15 rings (SSSR count). The summed E-state index contributed by atoms with van der Waals surface area (Å²) in [6, 6.07) is 99.0. The van der Waals surface area contributed by atoms with Crippen molar-refractivity contribution in [1.29, 1.82) is 0 Å². The van der Waals surface area contributed by atoms with Crippen molar-refractivity contribution in [1.82, 2.24) is 0 Å².